The summed E-state index contributed by atoms with van der Waals surface area (Å²) in [7, 11) is -2.63. The fourth-order valence-electron chi connectivity index (χ4n) is 11.1. The number of hydrogen-bond acceptors (Lipinski definition) is 0. The summed E-state index contributed by atoms with van der Waals surface area (Å²) < 4.78 is 6.54. The first-order valence-corrected chi connectivity index (χ1v) is 32.4. The van der Waals surface area contributed by atoms with Crippen molar-refractivity contribution in [3.63, 3.8) is 0 Å². The Labute approximate surface area is 307 Å². The molecule has 0 saturated carbocycles. The van der Waals surface area contributed by atoms with Crippen LogP contribution in [0.5, 0.6) is 0 Å². The Morgan fingerprint density at radius 2 is 0.863 bits per heavy atom. The molecule has 0 radical (unpaired) electrons. The summed E-state index contributed by atoms with van der Waals surface area (Å²) >= 11 is -3.41. The van der Waals surface area contributed by atoms with E-state index in [1.807, 2.05) is 0 Å². The van der Waals surface area contributed by atoms with Crippen LogP contribution in [0.25, 0.3) is 32.7 Å². The maximum absolute atomic E-state index is 3.41. The SMILES string of the molecule is CC1=C(c2cccc3ccccc23)c2c3cccc2[Si](C)(c2ccccc2)c2cccc4c2C(c2cccc5ccccc25)=C(C)[CH]4[Hf]([CH3])([CH3])[CH]13. The van der Waals surface area contributed by atoms with Crippen LogP contribution in [0.4, 0.5) is 0 Å². The maximum atomic E-state index is 2.79. The molecule has 2 heteroatoms. The predicted molar refractivity (Wildman–Crippen MR) is 218 cm³/mol. The van der Waals surface area contributed by atoms with E-state index in [-0.39, 0.29) is 0 Å². The van der Waals surface area contributed by atoms with Gasteiger partial charge in [0, 0.05) is 0 Å². The molecule has 0 nitrogen and oxygen atoms in total. The third-order valence-electron chi connectivity index (χ3n) is 13.0. The molecule has 0 fully saturated rings. The van der Waals surface area contributed by atoms with Crippen molar-refractivity contribution in [3.8, 4) is 0 Å². The Morgan fingerprint density at radius 1 is 0.451 bits per heavy atom. The van der Waals surface area contributed by atoms with Crippen molar-refractivity contribution in [3.05, 3.63) is 196 Å². The molecule has 0 amide bonds. The van der Waals surface area contributed by atoms with Crippen LogP contribution in [-0.2, 0) is 20.0 Å². The molecule has 2 atom stereocenters. The first-order valence-electron chi connectivity index (χ1n) is 18.5. The predicted octanol–water partition coefficient (Wildman–Crippen LogP) is 11.1. The van der Waals surface area contributed by atoms with Crippen molar-refractivity contribution in [1.29, 1.82) is 0 Å². The topological polar surface area (TPSA) is 0 Å². The summed E-state index contributed by atoms with van der Waals surface area (Å²) in [5.74, 6) is 0. The molecular formula is C49H42HfSi. The van der Waals surface area contributed by atoms with Gasteiger partial charge in [-0.25, -0.2) is 0 Å². The van der Waals surface area contributed by atoms with Gasteiger partial charge in [-0.2, -0.15) is 0 Å². The first kappa shape index (κ1) is 31.4. The van der Waals surface area contributed by atoms with E-state index in [0.29, 0.717) is 7.35 Å². The zero-order valence-electron chi connectivity index (χ0n) is 30.1. The number of rotatable bonds is 3. The van der Waals surface area contributed by atoms with Gasteiger partial charge in [0.2, 0.25) is 0 Å². The van der Waals surface area contributed by atoms with Gasteiger partial charge in [0.25, 0.3) is 0 Å². The average Bonchev–Trinajstić information content (AvgIpc) is 3.64. The van der Waals surface area contributed by atoms with Crippen molar-refractivity contribution in [2.24, 2.45) is 0 Å². The summed E-state index contributed by atoms with van der Waals surface area (Å²) in [6, 6.07) is 58.6. The summed E-state index contributed by atoms with van der Waals surface area (Å²) in [5, 5.41) is 9.97. The van der Waals surface area contributed by atoms with Gasteiger partial charge < -0.3 is 0 Å². The fourth-order valence-corrected chi connectivity index (χ4v) is 33.0. The van der Waals surface area contributed by atoms with Crippen molar-refractivity contribution in [2.75, 3.05) is 0 Å². The minimum absolute atomic E-state index is 0.483. The van der Waals surface area contributed by atoms with Crippen LogP contribution in [0.3, 0.4) is 0 Å². The zero-order valence-corrected chi connectivity index (χ0v) is 34.7. The van der Waals surface area contributed by atoms with E-state index < -0.39 is 28.0 Å². The van der Waals surface area contributed by atoms with Gasteiger partial charge in [-0.3, -0.25) is 0 Å². The molecule has 246 valence electrons. The molecule has 0 spiro atoms. The Hall–Kier alpha value is -4.37. The molecule has 0 N–H and O–H groups in total. The van der Waals surface area contributed by atoms with Crippen LogP contribution in [0.15, 0.2) is 163 Å². The van der Waals surface area contributed by atoms with Crippen LogP contribution in [0, 0.1) is 0 Å². The van der Waals surface area contributed by atoms with Crippen molar-refractivity contribution >= 4 is 56.3 Å². The van der Waals surface area contributed by atoms with Crippen LogP contribution >= 0.6 is 0 Å². The quantitative estimate of drug-likeness (QED) is 0.156. The van der Waals surface area contributed by atoms with Gasteiger partial charge in [0.1, 0.15) is 0 Å². The molecule has 10 rings (SSSR count). The van der Waals surface area contributed by atoms with Crippen LogP contribution in [0.1, 0.15) is 54.6 Å². The van der Waals surface area contributed by atoms with E-state index in [0.717, 1.165) is 0 Å². The van der Waals surface area contributed by atoms with Gasteiger partial charge in [-0.05, 0) is 0 Å². The Bertz CT molecular complexity index is 2490. The third-order valence-corrected chi connectivity index (χ3v) is 33.5. The molecule has 7 aromatic rings. The fraction of sp³-hybridized carbons (Fsp3) is 0.143. The summed E-state index contributed by atoms with van der Waals surface area (Å²) in [4.78, 5) is 0. The van der Waals surface area contributed by atoms with Crippen molar-refractivity contribution < 1.29 is 20.0 Å². The molecule has 2 aliphatic carbocycles. The average molecular weight is 837 g/mol. The molecule has 0 saturated heterocycles. The van der Waals surface area contributed by atoms with Crippen molar-refractivity contribution in [2.45, 2.75) is 37.1 Å². The number of allylic oxidation sites excluding steroid dienone is 2. The number of fused-ring (bicyclic) bond motifs is 2. The third kappa shape index (κ3) is 4.21. The van der Waals surface area contributed by atoms with Gasteiger partial charge >= 0.3 is 310 Å². The normalized spacial score (nSPS) is 21.5. The summed E-state index contributed by atoms with van der Waals surface area (Å²) in [6.45, 7) is 7.70. The molecule has 3 aliphatic rings. The molecule has 51 heavy (non-hydrogen) atoms. The van der Waals surface area contributed by atoms with Gasteiger partial charge in [0.15, 0.2) is 0 Å². The summed E-state index contributed by atoms with van der Waals surface area (Å²) in [6.07, 6.45) is 0. The second kappa shape index (κ2) is 11.3. The number of hydrogen-bond donors (Lipinski definition) is 0. The number of benzene rings is 7. The van der Waals surface area contributed by atoms with E-state index in [2.05, 4.69) is 181 Å². The van der Waals surface area contributed by atoms with Gasteiger partial charge in [-0.1, -0.05) is 0 Å². The Kier molecular flexibility index (Phi) is 6.96. The molecule has 0 aromatic heterocycles. The summed E-state index contributed by atoms with van der Waals surface area (Å²) in [5.41, 5.74) is 15.3. The molecular weight excluding hydrogens is 795 g/mol. The van der Waals surface area contributed by atoms with E-state index in [1.54, 1.807) is 43.8 Å². The van der Waals surface area contributed by atoms with E-state index >= 15 is 0 Å². The molecule has 8 bridgehead atoms. The van der Waals surface area contributed by atoms with E-state index in [4.69, 9.17) is 0 Å². The second-order valence-corrected chi connectivity index (χ2v) is 37.0. The molecule has 1 aliphatic heterocycles. The Balaban J connectivity index is 1.39. The molecule has 1 heterocycles. The van der Waals surface area contributed by atoms with Gasteiger partial charge in [0.05, 0.1) is 0 Å². The zero-order chi connectivity index (χ0) is 34.6. The van der Waals surface area contributed by atoms with Gasteiger partial charge in [-0.15, -0.1) is 0 Å². The second-order valence-electron chi connectivity index (χ2n) is 15.9. The molecule has 2 unspecified atom stereocenters. The van der Waals surface area contributed by atoms with Crippen LogP contribution < -0.4 is 15.6 Å². The van der Waals surface area contributed by atoms with E-state index in [1.165, 1.54) is 49.0 Å². The monoisotopic (exact) mass is 838 g/mol. The minimum atomic E-state index is -3.41. The Morgan fingerprint density at radius 3 is 1.35 bits per heavy atom. The van der Waals surface area contributed by atoms with E-state index in [9.17, 15) is 0 Å². The first-order chi connectivity index (χ1) is 24.8. The molecule has 7 aromatic carbocycles. The van der Waals surface area contributed by atoms with Crippen LogP contribution in [0.2, 0.25) is 15.9 Å². The van der Waals surface area contributed by atoms with Crippen molar-refractivity contribution in [1.82, 2.24) is 0 Å². The standard InChI is InChI=1S/C47H36Si.2CH3.Hf/c1-31-29-35-19-13-27-42(46(35)44(31)40-25-11-17-33-15-7-9-23-38(33)40)48(3,37-21-5-4-6-22-37)43-28-14-20-36-30-32(2)45(47(36)43)41-26-12-18-34-16-8-10-24-39(34)41;;;/h4-30H,1-3H3;2*1H3;. The van der Waals surface area contributed by atoms with Crippen LogP contribution in [-0.4, -0.2) is 8.07 Å².